The van der Waals surface area contributed by atoms with Crippen molar-refractivity contribution in [2.75, 3.05) is 6.54 Å². The highest BCUT2D eigenvalue weighted by Gasteiger charge is 2.40. The molecule has 1 aliphatic heterocycles. The van der Waals surface area contributed by atoms with Crippen LogP contribution in [0.1, 0.15) is 39.5 Å². The molecule has 0 aliphatic carbocycles. The van der Waals surface area contributed by atoms with Gasteiger partial charge in [-0.3, -0.25) is 24.0 Å². The molecule has 174 valence electrons. The van der Waals surface area contributed by atoms with Crippen molar-refractivity contribution in [2.24, 2.45) is 11.7 Å². The van der Waals surface area contributed by atoms with Crippen molar-refractivity contribution in [1.82, 2.24) is 15.5 Å². The number of rotatable bonds is 11. The van der Waals surface area contributed by atoms with Gasteiger partial charge in [0.1, 0.15) is 18.1 Å². The van der Waals surface area contributed by atoms with Crippen LogP contribution in [0.25, 0.3) is 0 Å². The molecule has 0 radical (unpaired) electrons. The maximum atomic E-state index is 12.9. The predicted molar refractivity (Wildman–Crippen MR) is 104 cm³/mol. The average molecular weight is 444 g/mol. The van der Waals surface area contributed by atoms with Crippen LogP contribution in [0.15, 0.2) is 0 Å². The lowest BCUT2D eigenvalue weighted by Crippen LogP contribution is -2.57. The van der Waals surface area contributed by atoms with Gasteiger partial charge in [-0.15, -0.1) is 0 Å². The Morgan fingerprint density at radius 2 is 1.58 bits per heavy atom. The summed E-state index contributed by atoms with van der Waals surface area (Å²) in [5, 5.41) is 31.6. The highest BCUT2D eigenvalue weighted by Crippen LogP contribution is 2.20. The Balaban J connectivity index is 2.97. The van der Waals surface area contributed by atoms with E-state index in [-0.39, 0.29) is 13.0 Å². The molecule has 1 rings (SSSR count). The van der Waals surface area contributed by atoms with E-state index in [0.717, 1.165) is 4.90 Å². The van der Waals surface area contributed by atoms with Crippen molar-refractivity contribution in [3.8, 4) is 0 Å². The monoisotopic (exact) mass is 444 g/mol. The number of hydrogen-bond donors (Lipinski definition) is 6. The Bertz CT molecular complexity index is 740. The Labute approximate surface area is 177 Å². The van der Waals surface area contributed by atoms with Crippen molar-refractivity contribution in [3.05, 3.63) is 0 Å². The Morgan fingerprint density at radius 3 is 2.06 bits per heavy atom. The first-order valence-corrected chi connectivity index (χ1v) is 9.68. The Morgan fingerprint density at radius 1 is 1.00 bits per heavy atom. The molecule has 0 aromatic carbocycles. The van der Waals surface area contributed by atoms with Crippen LogP contribution in [0.2, 0.25) is 0 Å². The quantitative estimate of drug-likeness (QED) is 0.205. The lowest BCUT2D eigenvalue weighted by Gasteiger charge is -2.29. The number of carboxylic acid groups (broad SMARTS) is 3. The minimum absolute atomic E-state index is 0.101. The van der Waals surface area contributed by atoms with Crippen molar-refractivity contribution in [3.63, 3.8) is 0 Å². The summed E-state index contributed by atoms with van der Waals surface area (Å²) < 4.78 is 0. The van der Waals surface area contributed by atoms with Gasteiger partial charge in [0.2, 0.25) is 17.7 Å². The Kier molecular flexibility index (Phi) is 9.37. The van der Waals surface area contributed by atoms with Gasteiger partial charge < -0.3 is 36.6 Å². The van der Waals surface area contributed by atoms with Crippen molar-refractivity contribution in [1.29, 1.82) is 0 Å². The van der Waals surface area contributed by atoms with E-state index in [1.54, 1.807) is 13.8 Å². The highest BCUT2D eigenvalue weighted by molar-refractivity contribution is 5.96. The third kappa shape index (κ3) is 7.51. The van der Waals surface area contributed by atoms with Gasteiger partial charge in [-0.1, -0.05) is 13.8 Å². The molecule has 0 bridgehead atoms. The summed E-state index contributed by atoms with van der Waals surface area (Å²) in [4.78, 5) is 71.9. The normalized spacial score (nSPS) is 18.7. The van der Waals surface area contributed by atoms with E-state index < -0.39 is 78.6 Å². The second-order valence-electron chi connectivity index (χ2n) is 7.62. The predicted octanol–water partition coefficient (Wildman–Crippen LogP) is -2.04. The fourth-order valence-electron chi connectivity index (χ4n) is 3.20. The summed E-state index contributed by atoms with van der Waals surface area (Å²) in [5.41, 5.74) is 5.45. The number of carbonyl (C=O) groups excluding carboxylic acids is 3. The molecule has 1 fully saturated rings. The number of aliphatic carboxylic acids is 3. The number of carbonyl (C=O) groups is 6. The summed E-state index contributed by atoms with van der Waals surface area (Å²) in [5.74, 6) is -6.98. The van der Waals surface area contributed by atoms with Crippen LogP contribution in [0.3, 0.4) is 0 Å². The van der Waals surface area contributed by atoms with Crippen LogP contribution in [-0.2, 0) is 28.8 Å². The van der Waals surface area contributed by atoms with E-state index in [1.807, 2.05) is 0 Å². The van der Waals surface area contributed by atoms with Gasteiger partial charge in [0.15, 0.2) is 0 Å². The zero-order valence-electron chi connectivity index (χ0n) is 17.2. The maximum Gasteiger partial charge on any atom is 0.326 e. The summed E-state index contributed by atoms with van der Waals surface area (Å²) in [6.07, 6.45) is -0.886. The third-order valence-corrected chi connectivity index (χ3v) is 4.79. The fourth-order valence-corrected chi connectivity index (χ4v) is 3.20. The number of nitrogens with two attached hydrogens (primary N) is 1. The molecule has 1 saturated heterocycles. The van der Waals surface area contributed by atoms with E-state index >= 15 is 0 Å². The third-order valence-electron chi connectivity index (χ3n) is 4.79. The van der Waals surface area contributed by atoms with Crippen LogP contribution < -0.4 is 16.4 Å². The Hall–Kier alpha value is -3.22. The van der Waals surface area contributed by atoms with Crippen molar-refractivity contribution in [2.45, 2.75) is 63.7 Å². The van der Waals surface area contributed by atoms with Crippen LogP contribution in [0.5, 0.6) is 0 Å². The molecule has 1 aliphatic rings. The molecule has 0 aromatic heterocycles. The number of likely N-dealkylation sites (tertiary alicyclic amines) is 1. The SMILES string of the molecule is CC(C)C(NC(=O)C1CCCN1C(=O)C(CC(=O)O)NC(=O)C(N)CC(=O)O)C(=O)O. The second kappa shape index (κ2) is 11.2. The molecule has 0 aromatic rings. The molecule has 4 unspecified atom stereocenters. The number of amides is 3. The minimum atomic E-state index is -1.57. The lowest BCUT2D eigenvalue weighted by atomic mass is 10.0. The molecule has 31 heavy (non-hydrogen) atoms. The topological polar surface area (TPSA) is 216 Å². The molecule has 13 heteroatoms. The molecule has 0 spiro atoms. The molecular formula is C18H28N4O9. The van der Waals surface area contributed by atoms with Crippen molar-refractivity contribution < 1.29 is 44.1 Å². The van der Waals surface area contributed by atoms with Crippen LogP contribution in [0.4, 0.5) is 0 Å². The van der Waals surface area contributed by atoms with E-state index in [9.17, 15) is 33.9 Å². The van der Waals surface area contributed by atoms with Gasteiger partial charge in [-0.2, -0.15) is 0 Å². The zero-order chi connectivity index (χ0) is 23.9. The van der Waals surface area contributed by atoms with Crippen LogP contribution >= 0.6 is 0 Å². The smallest absolute Gasteiger partial charge is 0.326 e. The van der Waals surface area contributed by atoms with Crippen molar-refractivity contribution >= 4 is 35.6 Å². The standard InChI is InChI=1S/C18H28N4O9/c1-8(2)14(18(30)31)21-16(28)11-4-3-5-22(11)17(29)10(7-13(25)26)20-15(27)9(19)6-12(23)24/h8-11,14H,3-7,19H2,1-2H3,(H,20,27)(H,21,28)(H,23,24)(H,25,26)(H,30,31). The van der Waals surface area contributed by atoms with E-state index in [2.05, 4.69) is 10.6 Å². The average Bonchev–Trinajstić information content (AvgIpc) is 3.13. The fraction of sp³-hybridized carbons (Fsp3) is 0.667. The van der Waals surface area contributed by atoms with Gasteiger partial charge in [0.25, 0.3) is 0 Å². The van der Waals surface area contributed by atoms with Gasteiger partial charge in [0, 0.05) is 6.54 Å². The lowest BCUT2D eigenvalue weighted by molar-refractivity contribution is -0.148. The summed E-state index contributed by atoms with van der Waals surface area (Å²) in [7, 11) is 0. The molecule has 1 heterocycles. The van der Waals surface area contributed by atoms with Gasteiger partial charge >= 0.3 is 17.9 Å². The number of hydrogen-bond acceptors (Lipinski definition) is 7. The van der Waals surface area contributed by atoms with E-state index in [4.69, 9.17) is 15.9 Å². The second-order valence-corrected chi connectivity index (χ2v) is 7.62. The first-order valence-electron chi connectivity index (χ1n) is 9.68. The number of carboxylic acids is 3. The number of nitrogens with one attached hydrogen (secondary N) is 2. The van der Waals surface area contributed by atoms with E-state index in [0.29, 0.717) is 6.42 Å². The molecule has 3 amide bonds. The molecule has 13 nitrogen and oxygen atoms in total. The first-order chi connectivity index (χ1) is 14.3. The highest BCUT2D eigenvalue weighted by atomic mass is 16.4. The van der Waals surface area contributed by atoms with E-state index in [1.165, 1.54) is 0 Å². The summed E-state index contributed by atoms with van der Waals surface area (Å²) in [6.45, 7) is 3.31. The number of nitrogens with zero attached hydrogens (tertiary/aromatic N) is 1. The molecule has 0 saturated carbocycles. The molecule has 7 N–H and O–H groups in total. The minimum Gasteiger partial charge on any atom is -0.481 e. The first kappa shape index (κ1) is 25.8. The van der Waals surface area contributed by atoms with Crippen LogP contribution in [-0.4, -0.2) is 86.6 Å². The van der Waals surface area contributed by atoms with Crippen LogP contribution in [0, 0.1) is 5.92 Å². The largest absolute Gasteiger partial charge is 0.481 e. The maximum absolute atomic E-state index is 12.9. The van der Waals surface area contributed by atoms with Gasteiger partial charge in [0.05, 0.1) is 18.9 Å². The zero-order valence-corrected chi connectivity index (χ0v) is 17.2. The summed E-state index contributed by atoms with van der Waals surface area (Å²) in [6, 6.07) is -5.28. The van der Waals surface area contributed by atoms with Gasteiger partial charge in [-0.05, 0) is 18.8 Å². The molecular weight excluding hydrogens is 416 g/mol. The van der Waals surface area contributed by atoms with Gasteiger partial charge in [-0.25, -0.2) is 4.79 Å². The summed E-state index contributed by atoms with van der Waals surface area (Å²) >= 11 is 0. The molecule has 4 atom stereocenters.